The Morgan fingerprint density at radius 3 is 2.77 bits per heavy atom. The van der Waals surface area contributed by atoms with Crippen molar-refractivity contribution >= 4 is 23.2 Å². The summed E-state index contributed by atoms with van der Waals surface area (Å²) >= 11 is 6.33. The molecule has 0 unspecified atom stereocenters. The van der Waals surface area contributed by atoms with E-state index in [-0.39, 0.29) is 5.91 Å². The number of halogens is 1. The van der Waals surface area contributed by atoms with Crippen molar-refractivity contribution < 1.29 is 9.21 Å². The van der Waals surface area contributed by atoms with Crippen molar-refractivity contribution in [1.82, 2.24) is 20.2 Å². The molecule has 30 heavy (non-hydrogen) atoms. The van der Waals surface area contributed by atoms with Crippen LogP contribution in [0.15, 0.2) is 59.1 Å². The van der Waals surface area contributed by atoms with Gasteiger partial charge in [0.05, 0.1) is 11.2 Å². The number of carbonyl (C=O) groups excluding carboxylic acids is 1. The smallest absolute Gasteiger partial charge is 0.224 e. The summed E-state index contributed by atoms with van der Waals surface area (Å²) in [6, 6.07) is 15.1. The number of carbonyl (C=O) groups is 1. The Morgan fingerprint density at radius 2 is 2.03 bits per heavy atom. The Bertz CT molecular complexity index is 1150. The second-order valence-corrected chi connectivity index (χ2v) is 7.23. The molecule has 0 aliphatic heterocycles. The normalized spacial score (nSPS) is 10.9. The summed E-state index contributed by atoms with van der Waals surface area (Å²) < 4.78 is 5.77. The van der Waals surface area contributed by atoms with E-state index in [1.54, 1.807) is 24.4 Å². The molecule has 0 aliphatic rings. The third-order valence-electron chi connectivity index (χ3n) is 4.50. The highest BCUT2D eigenvalue weighted by molar-refractivity contribution is 6.33. The highest BCUT2D eigenvalue weighted by atomic mass is 35.5. The van der Waals surface area contributed by atoms with Gasteiger partial charge in [-0.25, -0.2) is 9.97 Å². The van der Waals surface area contributed by atoms with E-state index in [0.29, 0.717) is 53.1 Å². The molecule has 0 aliphatic carbocycles. The van der Waals surface area contributed by atoms with Gasteiger partial charge in [0.25, 0.3) is 0 Å². The van der Waals surface area contributed by atoms with Crippen LogP contribution in [0.1, 0.15) is 24.6 Å². The predicted octanol–water partition coefficient (Wildman–Crippen LogP) is 5.05. The average Bonchev–Trinajstić information content (AvgIpc) is 3.38. The molecule has 0 bridgehead atoms. The first-order chi connectivity index (χ1) is 14.6. The number of hydrogen-bond acceptors (Lipinski definition) is 5. The first-order valence-corrected chi connectivity index (χ1v) is 9.95. The third-order valence-corrected chi connectivity index (χ3v) is 4.81. The van der Waals surface area contributed by atoms with Crippen LogP contribution in [-0.4, -0.2) is 26.1 Å². The Morgan fingerprint density at radius 1 is 1.20 bits per heavy atom. The Labute approximate surface area is 178 Å². The van der Waals surface area contributed by atoms with Gasteiger partial charge >= 0.3 is 0 Å². The van der Waals surface area contributed by atoms with E-state index >= 15 is 0 Å². The first-order valence-electron chi connectivity index (χ1n) is 9.57. The Kier molecular flexibility index (Phi) is 5.90. The van der Waals surface area contributed by atoms with Crippen molar-refractivity contribution in [3.63, 3.8) is 0 Å². The number of anilines is 1. The molecule has 7 nitrogen and oxygen atoms in total. The van der Waals surface area contributed by atoms with E-state index < -0.39 is 0 Å². The maximum Gasteiger partial charge on any atom is 0.224 e. The molecule has 0 saturated heterocycles. The van der Waals surface area contributed by atoms with Crippen molar-refractivity contribution in [1.29, 1.82) is 0 Å². The number of H-pyrrole nitrogens is 1. The first kappa shape index (κ1) is 19.8. The lowest BCUT2D eigenvalue weighted by atomic mass is 10.2. The number of nitrogens with zero attached hydrogens (tertiary/aromatic N) is 3. The number of oxazole rings is 1. The van der Waals surface area contributed by atoms with E-state index in [1.807, 2.05) is 37.3 Å². The van der Waals surface area contributed by atoms with Crippen LogP contribution in [0.4, 0.5) is 5.69 Å². The molecule has 0 saturated carbocycles. The molecule has 2 aromatic carbocycles. The van der Waals surface area contributed by atoms with Gasteiger partial charge in [-0.2, -0.15) is 5.10 Å². The number of amides is 1. The van der Waals surface area contributed by atoms with Gasteiger partial charge < -0.3 is 9.73 Å². The molecular weight excluding hydrogens is 402 g/mol. The van der Waals surface area contributed by atoms with E-state index in [1.165, 1.54) is 0 Å². The molecule has 0 atom stereocenters. The van der Waals surface area contributed by atoms with Gasteiger partial charge in [-0.05, 0) is 31.5 Å². The monoisotopic (exact) mass is 421 g/mol. The van der Waals surface area contributed by atoms with E-state index in [4.69, 9.17) is 16.0 Å². The van der Waals surface area contributed by atoms with Gasteiger partial charge in [-0.1, -0.05) is 41.9 Å². The number of aryl methyl sites for hydroxylation is 2. The number of nitrogens with one attached hydrogen (secondary N) is 2. The topological polar surface area (TPSA) is 96.7 Å². The van der Waals surface area contributed by atoms with Crippen LogP contribution >= 0.6 is 11.6 Å². The zero-order chi connectivity index (χ0) is 20.9. The fourth-order valence-electron chi connectivity index (χ4n) is 3.02. The Balaban J connectivity index is 1.29. The van der Waals surface area contributed by atoms with Crippen molar-refractivity contribution in [3.05, 3.63) is 71.5 Å². The lowest BCUT2D eigenvalue weighted by Crippen LogP contribution is -2.11. The van der Waals surface area contributed by atoms with Gasteiger partial charge in [0.1, 0.15) is 5.82 Å². The molecule has 152 valence electrons. The van der Waals surface area contributed by atoms with Crippen LogP contribution in [0, 0.1) is 6.92 Å². The molecule has 8 heteroatoms. The molecule has 1 amide bonds. The summed E-state index contributed by atoms with van der Waals surface area (Å²) in [4.78, 5) is 20.8. The standard InChI is InChI=1S/C22H20ClN5O2/c1-14-25-22(28-27-14)17-11-10-16(12-18(17)23)26-20(29)8-5-9-21-24-13-19(30-21)15-6-3-2-4-7-15/h2-4,6-7,10-13H,5,8-9H2,1H3,(H,26,29)(H,25,27,28). The van der Waals surface area contributed by atoms with E-state index in [9.17, 15) is 4.79 Å². The average molecular weight is 422 g/mol. The fourth-order valence-corrected chi connectivity index (χ4v) is 3.29. The number of rotatable bonds is 7. The number of aromatic amines is 1. The maximum absolute atomic E-state index is 12.3. The van der Waals surface area contributed by atoms with Crippen LogP contribution in [0.3, 0.4) is 0 Å². The summed E-state index contributed by atoms with van der Waals surface area (Å²) in [5.41, 5.74) is 2.31. The summed E-state index contributed by atoms with van der Waals surface area (Å²) in [7, 11) is 0. The minimum absolute atomic E-state index is 0.0950. The third kappa shape index (κ3) is 4.75. The van der Waals surface area contributed by atoms with Crippen molar-refractivity contribution in [2.45, 2.75) is 26.2 Å². The molecule has 2 N–H and O–H groups in total. The molecule has 2 heterocycles. The van der Waals surface area contributed by atoms with Crippen LogP contribution < -0.4 is 5.32 Å². The predicted molar refractivity (Wildman–Crippen MR) is 115 cm³/mol. The van der Waals surface area contributed by atoms with E-state index in [0.717, 1.165) is 11.3 Å². The molecule has 4 rings (SSSR count). The zero-order valence-corrected chi connectivity index (χ0v) is 17.1. The van der Waals surface area contributed by atoms with Gasteiger partial charge in [-0.15, -0.1) is 0 Å². The minimum Gasteiger partial charge on any atom is -0.441 e. The van der Waals surface area contributed by atoms with Crippen LogP contribution in [-0.2, 0) is 11.2 Å². The highest BCUT2D eigenvalue weighted by Gasteiger charge is 2.11. The molecule has 0 radical (unpaired) electrons. The zero-order valence-electron chi connectivity index (χ0n) is 16.4. The van der Waals surface area contributed by atoms with Gasteiger partial charge in [-0.3, -0.25) is 9.89 Å². The van der Waals surface area contributed by atoms with Crippen LogP contribution in [0.5, 0.6) is 0 Å². The maximum atomic E-state index is 12.3. The summed E-state index contributed by atoms with van der Waals surface area (Å²) in [6.07, 6.45) is 3.28. The summed E-state index contributed by atoms with van der Waals surface area (Å²) in [5.74, 6) is 2.49. The van der Waals surface area contributed by atoms with Gasteiger partial charge in [0.2, 0.25) is 5.91 Å². The van der Waals surface area contributed by atoms with Crippen molar-refractivity contribution in [2.24, 2.45) is 0 Å². The minimum atomic E-state index is -0.0950. The lowest BCUT2D eigenvalue weighted by molar-refractivity contribution is -0.116. The van der Waals surface area contributed by atoms with Crippen molar-refractivity contribution in [2.75, 3.05) is 5.32 Å². The molecule has 0 spiro atoms. The van der Waals surface area contributed by atoms with Gasteiger partial charge in [0, 0.05) is 29.7 Å². The lowest BCUT2D eigenvalue weighted by Gasteiger charge is -2.07. The second kappa shape index (κ2) is 8.92. The molecule has 2 aromatic heterocycles. The number of aromatic nitrogens is 4. The molecule has 4 aromatic rings. The highest BCUT2D eigenvalue weighted by Crippen LogP contribution is 2.28. The largest absolute Gasteiger partial charge is 0.441 e. The van der Waals surface area contributed by atoms with E-state index in [2.05, 4.69) is 25.5 Å². The molecular formula is C22H20ClN5O2. The second-order valence-electron chi connectivity index (χ2n) is 6.83. The Hall–Kier alpha value is -3.45. The number of hydrogen-bond donors (Lipinski definition) is 2. The van der Waals surface area contributed by atoms with Crippen molar-refractivity contribution in [3.8, 4) is 22.7 Å². The van der Waals surface area contributed by atoms with Gasteiger partial charge in [0.15, 0.2) is 17.5 Å². The van der Waals surface area contributed by atoms with Crippen LogP contribution in [0.25, 0.3) is 22.7 Å². The van der Waals surface area contributed by atoms with Crippen LogP contribution in [0.2, 0.25) is 5.02 Å². The molecule has 0 fully saturated rings. The fraction of sp³-hybridized carbons (Fsp3) is 0.182. The number of benzene rings is 2. The SMILES string of the molecule is Cc1nc(-c2ccc(NC(=O)CCCc3ncc(-c4ccccc4)o3)cc2Cl)n[nH]1. The quantitative estimate of drug-likeness (QED) is 0.435. The summed E-state index contributed by atoms with van der Waals surface area (Å²) in [6.45, 7) is 1.82. The summed E-state index contributed by atoms with van der Waals surface area (Å²) in [5, 5.41) is 10.2.